The molecule has 1 aromatic heterocycles. The lowest BCUT2D eigenvalue weighted by Gasteiger charge is -2.30. The molecule has 2 heterocycles. The van der Waals surface area contributed by atoms with Gasteiger partial charge in [0.05, 0.1) is 15.6 Å². The Bertz CT molecular complexity index is 1020. The van der Waals surface area contributed by atoms with Gasteiger partial charge in [0.25, 0.3) is 5.76 Å². The summed E-state index contributed by atoms with van der Waals surface area (Å²) in [6, 6.07) is 4.54. The maximum absolute atomic E-state index is 12.9. The highest BCUT2D eigenvalue weighted by molar-refractivity contribution is 7.99. The summed E-state index contributed by atoms with van der Waals surface area (Å²) in [5.74, 6) is -3.28. The standard InChI is InChI=1S/C18H20ClF2N3O4S2/c1-10-16(11(2)28-23-10)30(26,27)24-8-6-12(7-9-24)17(25)22-14-5-3-4-13(19)15(14)29-18(20)21/h3-5,12,18H,6-9H2,1-2H3,(H,22,25). The molecule has 1 fully saturated rings. The maximum Gasteiger partial charge on any atom is 0.289 e. The minimum Gasteiger partial charge on any atom is -0.360 e. The molecule has 0 atom stereocenters. The summed E-state index contributed by atoms with van der Waals surface area (Å²) in [5, 5.41) is 6.47. The van der Waals surface area contributed by atoms with Crippen LogP contribution in [0.3, 0.4) is 0 Å². The number of piperidine rings is 1. The first-order chi connectivity index (χ1) is 14.1. The Hall–Kier alpha value is -1.69. The summed E-state index contributed by atoms with van der Waals surface area (Å²) in [5.41, 5.74) is 0.501. The number of nitrogens with one attached hydrogen (secondary N) is 1. The number of thioether (sulfide) groups is 1. The smallest absolute Gasteiger partial charge is 0.289 e. The summed E-state index contributed by atoms with van der Waals surface area (Å²) in [6.07, 6.45) is 0.596. The molecule has 0 bridgehead atoms. The minimum atomic E-state index is -3.77. The van der Waals surface area contributed by atoms with Crippen molar-refractivity contribution in [3.63, 3.8) is 0 Å². The first-order valence-electron chi connectivity index (χ1n) is 9.08. The number of carbonyl (C=O) groups is 1. The number of hydrogen-bond donors (Lipinski definition) is 1. The molecule has 12 heteroatoms. The number of nitrogens with zero attached hydrogens (tertiary/aromatic N) is 2. The van der Waals surface area contributed by atoms with Crippen molar-refractivity contribution in [1.82, 2.24) is 9.46 Å². The third-order valence-electron chi connectivity index (χ3n) is 4.82. The van der Waals surface area contributed by atoms with Crippen LogP contribution in [0.4, 0.5) is 14.5 Å². The largest absolute Gasteiger partial charge is 0.360 e. The number of rotatable bonds is 6. The SMILES string of the molecule is Cc1noc(C)c1S(=O)(=O)N1CCC(C(=O)Nc2cccc(Cl)c2SC(F)F)CC1. The van der Waals surface area contributed by atoms with Crippen LogP contribution >= 0.6 is 23.4 Å². The molecule has 1 N–H and O–H groups in total. The minimum absolute atomic E-state index is 0.0537. The first kappa shape index (κ1) is 23.0. The normalized spacial score (nSPS) is 16.2. The Balaban J connectivity index is 1.68. The molecule has 164 valence electrons. The third kappa shape index (κ3) is 4.79. The van der Waals surface area contributed by atoms with E-state index in [0.29, 0.717) is 12.8 Å². The van der Waals surface area contributed by atoms with Gasteiger partial charge >= 0.3 is 0 Å². The molecule has 1 amide bonds. The Labute approximate surface area is 182 Å². The van der Waals surface area contributed by atoms with E-state index in [1.54, 1.807) is 13.0 Å². The maximum atomic E-state index is 12.9. The number of halogens is 3. The van der Waals surface area contributed by atoms with E-state index in [9.17, 15) is 22.0 Å². The van der Waals surface area contributed by atoms with Crippen molar-refractivity contribution in [2.24, 2.45) is 5.92 Å². The second-order valence-corrected chi connectivity index (χ2v) is 10.1. The van der Waals surface area contributed by atoms with E-state index in [1.807, 2.05) is 0 Å². The number of benzene rings is 1. The molecule has 0 saturated carbocycles. The Kier molecular flexibility index (Phi) is 7.05. The van der Waals surface area contributed by atoms with Gasteiger partial charge in [-0.1, -0.05) is 34.6 Å². The van der Waals surface area contributed by atoms with Crippen LogP contribution in [-0.2, 0) is 14.8 Å². The van der Waals surface area contributed by atoms with Crippen LogP contribution in [0.2, 0.25) is 5.02 Å². The number of anilines is 1. The zero-order valence-electron chi connectivity index (χ0n) is 16.2. The van der Waals surface area contributed by atoms with Gasteiger partial charge in [-0.15, -0.1) is 0 Å². The number of sulfonamides is 1. The third-order valence-corrected chi connectivity index (χ3v) is 8.25. The van der Waals surface area contributed by atoms with Crippen molar-refractivity contribution in [2.45, 2.75) is 42.2 Å². The van der Waals surface area contributed by atoms with Crippen LogP contribution in [0.15, 0.2) is 32.5 Å². The molecule has 1 aromatic carbocycles. The van der Waals surface area contributed by atoms with E-state index in [1.165, 1.54) is 23.4 Å². The highest BCUT2D eigenvalue weighted by Gasteiger charge is 2.35. The average Bonchev–Trinajstić information content (AvgIpc) is 3.03. The molecule has 1 saturated heterocycles. The second kappa shape index (κ2) is 9.21. The van der Waals surface area contributed by atoms with Gasteiger partial charge in [0.1, 0.15) is 10.6 Å². The summed E-state index contributed by atoms with van der Waals surface area (Å²) in [6.45, 7) is 3.40. The molecule has 1 aliphatic rings. The van der Waals surface area contributed by atoms with Gasteiger partial charge in [0.15, 0.2) is 5.76 Å². The van der Waals surface area contributed by atoms with Crippen LogP contribution in [0.1, 0.15) is 24.3 Å². The molecular weight excluding hydrogens is 460 g/mol. The van der Waals surface area contributed by atoms with E-state index in [-0.39, 0.29) is 62.7 Å². The lowest BCUT2D eigenvalue weighted by molar-refractivity contribution is -0.120. The van der Waals surface area contributed by atoms with Crippen molar-refractivity contribution < 1.29 is 26.5 Å². The van der Waals surface area contributed by atoms with E-state index in [2.05, 4.69) is 10.5 Å². The van der Waals surface area contributed by atoms with Crippen LogP contribution in [0, 0.1) is 19.8 Å². The van der Waals surface area contributed by atoms with E-state index in [0.717, 1.165) is 0 Å². The number of hydrogen-bond acceptors (Lipinski definition) is 6. The number of aromatic nitrogens is 1. The molecule has 0 aliphatic carbocycles. The highest BCUT2D eigenvalue weighted by atomic mass is 35.5. The molecule has 1 aliphatic heterocycles. The lowest BCUT2D eigenvalue weighted by atomic mass is 9.97. The Morgan fingerprint density at radius 2 is 2.00 bits per heavy atom. The van der Waals surface area contributed by atoms with Crippen molar-refractivity contribution in [3.05, 3.63) is 34.7 Å². The molecule has 3 rings (SSSR count). The van der Waals surface area contributed by atoms with E-state index >= 15 is 0 Å². The fourth-order valence-electron chi connectivity index (χ4n) is 3.38. The molecular formula is C18H20ClF2N3O4S2. The van der Waals surface area contributed by atoms with E-state index < -0.39 is 21.7 Å². The van der Waals surface area contributed by atoms with Crippen molar-refractivity contribution in [2.75, 3.05) is 18.4 Å². The van der Waals surface area contributed by atoms with Crippen molar-refractivity contribution >= 4 is 45.0 Å². The van der Waals surface area contributed by atoms with Crippen LogP contribution in [0.25, 0.3) is 0 Å². The van der Waals surface area contributed by atoms with Crippen LogP contribution in [0.5, 0.6) is 0 Å². The number of aryl methyl sites for hydroxylation is 2. The van der Waals surface area contributed by atoms with Gasteiger partial charge in [0.2, 0.25) is 15.9 Å². The molecule has 0 radical (unpaired) electrons. The predicted octanol–water partition coefficient (Wildman–Crippen LogP) is 4.30. The monoisotopic (exact) mass is 479 g/mol. The molecule has 0 unspecified atom stereocenters. The zero-order valence-corrected chi connectivity index (χ0v) is 18.6. The molecule has 30 heavy (non-hydrogen) atoms. The van der Waals surface area contributed by atoms with Crippen LogP contribution in [-0.4, -0.2) is 42.6 Å². The summed E-state index contributed by atoms with van der Waals surface area (Å²) >= 11 is 6.26. The van der Waals surface area contributed by atoms with E-state index in [4.69, 9.17) is 16.1 Å². The number of alkyl halides is 2. The highest BCUT2D eigenvalue weighted by Crippen LogP contribution is 2.38. The summed E-state index contributed by atoms with van der Waals surface area (Å²) < 4.78 is 57.7. The summed E-state index contributed by atoms with van der Waals surface area (Å²) in [4.78, 5) is 12.8. The molecule has 0 spiro atoms. The zero-order chi connectivity index (χ0) is 22.1. The van der Waals surface area contributed by atoms with Crippen LogP contribution < -0.4 is 5.32 Å². The first-order valence-corrected chi connectivity index (χ1v) is 11.8. The molecule has 2 aromatic rings. The quantitative estimate of drug-likeness (QED) is 0.621. The van der Waals surface area contributed by atoms with Gasteiger partial charge < -0.3 is 9.84 Å². The fraction of sp³-hybridized carbons (Fsp3) is 0.444. The van der Waals surface area contributed by atoms with Gasteiger partial charge in [-0.3, -0.25) is 4.79 Å². The Morgan fingerprint density at radius 1 is 1.33 bits per heavy atom. The van der Waals surface area contributed by atoms with Gasteiger partial charge in [-0.25, -0.2) is 8.42 Å². The van der Waals surface area contributed by atoms with Gasteiger partial charge in [-0.05, 0) is 38.8 Å². The number of amides is 1. The Morgan fingerprint density at radius 3 is 2.57 bits per heavy atom. The fourth-order valence-corrected chi connectivity index (χ4v) is 6.06. The van der Waals surface area contributed by atoms with Crippen molar-refractivity contribution in [1.29, 1.82) is 0 Å². The number of carbonyl (C=O) groups excluding carboxylic acids is 1. The second-order valence-electron chi connectivity index (χ2n) is 6.82. The topological polar surface area (TPSA) is 92.5 Å². The molecule has 7 nitrogen and oxygen atoms in total. The van der Waals surface area contributed by atoms with Gasteiger partial charge in [0, 0.05) is 19.0 Å². The lowest BCUT2D eigenvalue weighted by Crippen LogP contribution is -2.41. The van der Waals surface area contributed by atoms with Gasteiger partial charge in [-0.2, -0.15) is 13.1 Å². The van der Waals surface area contributed by atoms with Crippen molar-refractivity contribution in [3.8, 4) is 0 Å². The summed E-state index contributed by atoms with van der Waals surface area (Å²) in [7, 11) is -3.77. The average molecular weight is 480 g/mol. The predicted molar refractivity (Wildman–Crippen MR) is 109 cm³/mol.